The normalized spacial score (nSPS) is 31.4. The molecule has 3 atom stereocenters. The van der Waals surface area contributed by atoms with Crippen molar-refractivity contribution in [3.63, 3.8) is 0 Å². The summed E-state index contributed by atoms with van der Waals surface area (Å²) < 4.78 is 10.7. The number of fused-ring (bicyclic) bond motifs is 4. The van der Waals surface area contributed by atoms with Gasteiger partial charge in [0, 0.05) is 11.5 Å². The zero-order valence-corrected chi connectivity index (χ0v) is 10.4. The summed E-state index contributed by atoms with van der Waals surface area (Å²) in [6, 6.07) is 3.49. The van der Waals surface area contributed by atoms with Crippen LogP contribution >= 0.6 is 0 Å². The van der Waals surface area contributed by atoms with Gasteiger partial charge in [0.05, 0.1) is 12.1 Å². The van der Waals surface area contributed by atoms with Crippen LogP contribution in [0.1, 0.15) is 41.1 Å². The van der Waals surface area contributed by atoms with Crippen LogP contribution in [0.4, 0.5) is 0 Å². The molecule has 1 aromatic carbocycles. The van der Waals surface area contributed by atoms with Gasteiger partial charge < -0.3 is 19.9 Å². The van der Waals surface area contributed by atoms with Gasteiger partial charge in [-0.3, -0.25) is 4.79 Å². The summed E-state index contributed by atoms with van der Waals surface area (Å²) in [5, 5.41) is 13.0. The molecule has 5 heteroatoms. The van der Waals surface area contributed by atoms with Crippen molar-refractivity contribution in [2.24, 2.45) is 0 Å². The number of carbonyl (C=O) groups is 1. The summed E-state index contributed by atoms with van der Waals surface area (Å²) in [6.07, 6.45) is 2.25. The summed E-state index contributed by atoms with van der Waals surface area (Å²) in [7, 11) is 0. The van der Waals surface area contributed by atoms with Crippen molar-refractivity contribution in [1.82, 2.24) is 5.32 Å². The second kappa shape index (κ2) is 3.87. The first kappa shape index (κ1) is 11.1. The maximum absolute atomic E-state index is 12.2. The lowest BCUT2D eigenvalue weighted by atomic mass is 9.74. The molecule has 2 heterocycles. The minimum Gasteiger partial charge on any atom is -0.454 e. The Morgan fingerprint density at radius 3 is 2.84 bits per heavy atom. The van der Waals surface area contributed by atoms with Crippen LogP contribution in [0.3, 0.4) is 0 Å². The van der Waals surface area contributed by atoms with Crippen molar-refractivity contribution in [1.29, 1.82) is 0 Å². The van der Waals surface area contributed by atoms with Crippen molar-refractivity contribution in [2.75, 3.05) is 6.79 Å². The highest BCUT2D eigenvalue weighted by Gasteiger charge is 2.40. The molecule has 0 unspecified atom stereocenters. The van der Waals surface area contributed by atoms with E-state index in [4.69, 9.17) is 9.47 Å². The Labute approximate surface area is 110 Å². The number of nitrogens with one attached hydrogen (secondary N) is 1. The molecule has 1 aliphatic carbocycles. The van der Waals surface area contributed by atoms with Crippen LogP contribution in [0.5, 0.6) is 11.5 Å². The molecule has 19 heavy (non-hydrogen) atoms. The number of rotatable bonds is 0. The Morgan fingerprint density at radius 2 is 2.00 bits per heavy atom. The predicted molar refractivity (Wildman–Crippen MR) is 66.4 cm³/mol. The molecule has 0 spiro atoms. The predicted octanol–water partition coefficient (Wildman–Crippen LogP) is 1.16. The molecule has 4 rings (SSSR count). The van der Waals surface area contributed by atoms with E-state index in [9.17, 15) is 9.90 Å². The third-order valence-corrected chi connectivity index (χ3v) is 4.35. The van der Waals surface area contributed by atoms with Crippen molar-refractivity contribution < 1.29 is 19.4 Å². The third kappa shape index (κ3) is 1.54. The van der Waals surface area contributed by atoms with Gasteiger partial charge in [0.25, 0.3) is 5.91 Å². The number of aliphatic hydroxyl groups excluding tert-OH is 1. The van der Waals surface area contributed by atoms with Gasteiger partial charge in [-0.1, -0.05) is 6.42 Å². The second-order valence-corrected chi connectivity index (χ2v) is 5.40. The molecular weight excluding hydrogens is 246 g/mol. The lowest BCUT2D eigenvalue weighted by molar-refractivity contribution is 0.0601. The number of hydrogen-bond donors (Lipinski definition) is 2. The number of amides is 1. The SMILES string of the molecule is O=C1N[C@@H]2[C@H](O)CCC[C@@H]2c2cc3c(cc21)OCO3. The van der Waals surface area contributed by atoms with Gasteiger partial charge in [0.2, 0.25) is 6.79 Å². The number of hydrogen-bond acceptors (Lipinski definition) is 4. The zero-order valence-electron chi connectivity index (χ0n) is 10.4. The third-order valence-electron chi connectivity index (χ3n) is 4.35. The average Bonchev–Trinajstić information content (AvgIpc) is 2.86. The number of benzene rings is 1. The number of aliphatic hydroxyl groups is 1. The fourth-order valence-corrected chi connectivity index (χ4v) is 3.41. The highest BCUT2D eigenvalue weighted by Crippen LogP contribution is 2.43. The van der Waals surface area contributed by atoms with E-state index in [1.54, 1.807) is 6.07 Å². The maximum atomic E-state index is 12.2. The van der Waals surface area contributed by atoms with Crippen LogP contribution in [0, 0.1) is 0 Å². The second-order valence-electron chi connectivity index (χ2n) is 5.40. The van der Waals surface area contributed by atoms with E-state index in [1.165, 1.54) is 0 Å². The van der Waals surface area contributed by atoms with Crippen molar-refractivity contribution in [3.05, 3.63) is 23.3 Å². The molecule has 2 aliphatic heterocycles. The van der Waals surface area contributed by atoms with Gasteiger partial charge in [0.15, 0.2) is 11.5 Å². The topological polar surface area (TPSA) is 67.8 Å². The summed E-state index contributed by atoms with van der Waals surface area (Å²) in [5.74, 6) is 1.37. The van der Waals surface area contributed by atoms with E-state index in [0.717, 1.165) is 24.8 Å². The fourth-order valence-electron chi connectivity index (χ4n) is 3.41. The van der Waals surface area contributed by atoms with Crippen LogP contribution in [-0.2, 0) is 0 Å². The van der Waals surface area contributed by atoms with Crippen molar-refractivity contribution in [2.45, 2.75) is 37.3 Å². The molecule has 5 nitrogen and oxygen atoms in total. The Balaban J connectivity index is 1.84. The molecule has 2 N–H and O–H groups in total. The summed E-state index contributed by atoms with van der Waals surface area (Å²) in [6.45, 7) is 0.205. The smallest absolute Gasteiger partial charge is 0.252 e. The van der Waals surface area contributed by atoms with E-state index in [1.807, 2.05) is 6.07 Å². The molecule has 1 aromatic rings. The van der Waals surface area contributed by atoms with Crippen LogP contribution in [-0.4, -0.2) is 30.0 Å². The standard InChI is InChI=1S/C14H15NO4/c16-10-3-1-2-7-8-4-11-12(19-6-18-11)5-9(8)14(17)15-13(7)10/h4-5,7,10,13,16H,1-3,6H2,(H,15,17)/t7-,10-,13+/m1/s1. The Kier molecular flexibility index (Phi) is 2.26. The molecule has 100 valence electrons. The Hall–Kier alpha value is -1.75. The summed E-state index contributed by atoms with van der Waals surface area (Å²) >= 11 is 0. The zero-order chi connectivity index (χ0) is 13.0. The molecule has 1 amide bonds. The van der Waals surface area contributed by atoms with Gasteiger partial charge in [-0.2, -0.15) is 0 Å². The quantitative estimate of drug-likeness (QED) is 0.735. The fraction of sp³-hybridized carbons (Fsp3) is 0.500. The molecule has 0 aromatic heterocycles. The van der Waals surface area contributed by atoms with Crippen molar-refractivity contribution in [3.8, 4) is 11.5 Å². The van der Waals surface area contributed by atoms with Gasteiger partial charge in [-0.25, -0.2) is 0 Å². The average molecular weight is 261 g/mol. The monoisotopic (exact) mass is 261 g/mol. The first-order valence-corrected chi connectivity index (χ1v) is 6.66. The molecule has 0 radical (unpaired) electrons. The highest BCUT2D eigenvalue weighted by molar-refractivity contribution is 5.98. The molecule has 1 saturated carbocycles. The minimum absolute atomic E-state index is 0.129. The Bertz CT molecular complexity index is 557. The minimum atomic E-state index is -0.457. The molecule has 0 bridgehead atoms. The molecular formula is C14H15NO4. The van der Waals surface area contributed by atoms with Gasteiger partial charge in [0.1, 0.15) is 0 Å². The Morgan fingerprint density at radius 1 is 1.21 bits per heavy atom. The summed E-state index contributed by atoms with van der Waals surface area (Å²) in [4.78, 5) is 12.2. The lowest BCUT2D eigenvalue weighted by Gasteiger charge is -2.40. The van der Waals surface area contributed by atoms with Crippen LogP contribution in [0.25, 0.3) is 0 Å². The van der Waals surface area contributed by atoms with Crippen LogP contribution < -0.4 is 14.8 Å². The highest BCUT2D eigenvalue weighted by atomic mass is 16.7. The lowest BCUT2D eigenvalue weighted by Crippen LogP contribution is -2.52. The molecule has 3 aliphatic rings. The van der Waals surface area contributed by atoms with Gasteiger partial charge in [-0.15, -0.1) is 0 Å². The van der Waals surface area contributed by atoms with E-state index >= 15 is 0 Å². The van der Waals surface area contributed by atoms with Crippen LogP contribution in [0.15, 0.2) is 12.1 Å². The van der Waals surface area contributed by atoms with E-state index in [0.29, 0.717) is 17.1 Å². The largest absolute Gasteiger partial charge is 0.454 e. The van der Waals surface area contributed by atoms with E-state index in [2.05, 4.69) is 5.32 Å². The summed E-state index contributed by atoms with van der Waals surface area (Å²) in [5.41, 5.74) is 1.64. The van der Waals surface area contributed by atoms with E-state index < -0.39 is 6.10 Å². The number of carbonyl (C=O) groups excluding carboxylic acids is 1. The van der Waals surface area contributed by atoms with Crippen molar-refractivity contribution >= 4 is 5.91 Å². The first-order valence-electron chi connectivity index (χ1n) is 6.66. The van der Waals surface area contributed by atoms with E-state index in [-0.39, 0.29) is 24.7 Å². The van der Waals surface area contributed by atoms with Crippen LogP contribution in [0.2, 0.25) is 0 Å². The maximum Gasteiger partial charge on any atom is 0.252 e. The number of ether oxygens (including phenoxy) is 2. The first-order chi connectivity index (χ1) is 9.24. The molecule has 0 saturated heterocycles. The molecule has 1 fully saturated rings. The van der Waals surface area contributed by atoms with Gasteiger partial charge >= 0.3 is 0 Å². The van der Waals surface area contributed by atoms with Gasteiger partial charge in [-0.05, 0) is 30.5 Å².